The van der Waals surface area contributed by atoms with Crippen molar-refractivity contribution in [2.24, 2.45) is 0 Å². The van der Waals surface area contributed by atoms with Gasteiger partial charge in [-0.1, -0.05) is 12.1 Å². The third-order valence-corrected chi connectivity index (χ3v) is 4.22. The Morgan fingerprint density at radius 1 is 0.957 bits per heavy atom. The molecule has 1 aliphatic heterocycles. The second-order valence-corrected chi connectivity index (χ2v) is 5.93. The number of nitrogens with two attached hydrogens (primary N) is 1. The molecule has 1 aromatic heterocycles. The highest BCUT2D eigenvalue weighted by Crippen LogP contribution is 2.11. The van der Waals surface area contributed by atoms with Gasteiger partial charge < -0.3 is 10.6 Å². The average molecular weight is 310 g/mol. The zero-order valence-corrected chi connectivity index (χ0v) is 13.2. The first-order valence-electron chi connectivity index (χ1n) is 7.94. The lowest BCUT2D eigenvalue weighted by molar-refractivity contribution is -0.132. The molecule has 23 heavy (non-hydrogen) atoms. The summed E-state index contributed by atoms with van der Waals surface area (Å²) in [5.74, 6) is 0.193. The van der Waals surface area contributed by atoms with Gasteiger partial charge in [0.2, 0.25) is 5.91 Å². The Labute approximate surface area is 136 Å². The fourth-order valence-electron chi connectivity index (χ4n) is 2.82. The number of amides is 1. The topological polar surface area (TPSA) is 62.5 Å². The van der Waals surface area contributed by atoms with E-state index in [0.717, 1.165) is 44.0 Å². The first-order chi connectivity index (χ1) is 11.2. The molecule has 0 bridgehead atoms. The van der Waals surface area contributed by atoms with Crippen molar-refractivity contribution in [2.45, 2.75) is 13.0 Å². The van der Waals surface area contributed by atoms with E-state index < -0.39 is 0 Å². The van der Waals surface area contributed by atoms with Crippen LogP contribution in [0.4, 0.5) is 5.69 Å². The minimum Gasteiger partial charge on any atom is -0.399 e. The number of rotatable bonds is 4. The summed E-state index contributed by atoms with van der Waals surface area (Å²) in [4.78, 5) is 20.8. The van der Waals surface area contributed by atoms with Crippen molar-refractivity contribution in [1.82, 2.24) is 14.8 Å². The third kappa shape index (κ3) is 4.29. The lowest BCUT2D eigenvalue weighted by atomic mass is 10.1. The van der Waals surface area contributed by atoms with E-state index in [-0.39, 0.29) is 5.91 Å². The molecule has 1 aromatic carbocycles. The smallest absolute Gasteiger partial charge is 0.227 e. The molecule has 0 aliphatic carbocycles. The molecule has 1 aliphatic rings. The lowest BCUT2D eigenvalue weighted by Crippen LogP contribution is -2.48. The Bertz CT molecular complexity index is 634. The van der Waals surface area contributed by atoms with Gasteiger partial charge in [-0.25, -0.2) is 0 Å². The zero-order chi connectivity index (χ0) is 16.1. The summed E-state index contributed by atoms with van der Waals surface area (Å²) in [5.41, 5.74) is 8.68. The number of carbonyl (C=O) groups is 1. The summed E-state index contributed by atoms with van der Waals surface area (Å²) in [6.07, 6.45) is 4.09. The van der Waals surface area contributed by atoms with E-state index in [9.17, 15) is 4.79 Å². The van der Waals surface area contributed by atoms with Crippen molar-refractivity contribution in [3.05, 3.63) is 59.9 Å². The number of pyridine rings is 1. The molecule has 1 amide bonds. The lowest BCUT2D eigenvalue weighted by Gasteiger charge is -2.34. The van der Waals surface area contributed by atoms with E-state index in [1.54, 1.807) is 0 Å². The molecule has 120 valence electrons. The van der Waals surface area contributed by atoms with E-state index in [1.165, 1.54) is 5.56 Å². The Morgan fingerprint density at radius 3 is 2.26 bits per heavy atom. The highest BCUT2D eigenvalue weighted by Gasteiger charge is 2.21. The molecule has 2 aromatic rings. The molecule has 3 rings (SSSR count). The van der Waals surface area contributed by atoms with Crippen molar-refractivity contribution in [1.29, 1.82) is 0 Å². The second-order valence-electron chi connectivity index (χ2n) is 5.93. The van der Waals surface area contributed by atoms with Gasteiger partial charge in [0, 0.05) is 50.8 Å². The first-order valence-corrected chi connectivity index (χ1v) is 7.94. The van der Waals surface area contributed by atoms with Crippen molar-refractivity contribution in [3.8, 4) is 0 Å². The number of carbonyl (C=O) groups excluding carboxylic acids is 1. The molecule has 0 spiro atoms. The van der Waals surface area contributed by atoms with E-state index >= 15 is 0 Å². The Hall–Kier alpha value is -2.40. The Morgan fingerprint density at radius 2 is 1.61 bits per heavy atom. The van der Waals surface area contributed by atoms with Crippen LogP contribution in [0, 0.1) is 0 Å². The van der Waals surface area contributed by atoms with E-state index in [1.807, 2.05) is 53.7 Å². The molecule has 0 saturated carbocycles. The van der Waals surface area contributed by atoms with Crippen molar-refractivity contribution < 1.29 is 4.79 Å². The van der Waals surface area contributed by atoms with E-state index in [0.29, 0.717) is 6.42 Å². The van der Waals surface area contributed by atoms with Crippen LogP contribution in [0.1, 0.15) is 11.1 Å². The quantitative estimate of drug-likeness (QED) is 0.870. The Balaban J connectivity index is 1.48. The number of nitrogens with zero attached hydrogens (tertiary/aromatic N) is 3. The third-order valence-electron chi connectivity index (χ3n) is 4.22. The van der Waals surface area contributed by atoms with Crippen LogP contribution >= 0.6 is 0 Å². The van der Waals surface area contributed by atoms with Gasteiger partial charge in [0.15, 0.2) is 0 Å². The first kappa shape index (κ1) is 15.5. The van der Waals surface area contributed by atoms with Gasteiger partial charge in [-0.3, -0.25) is 14.7 Å². The fourth-order valence-corrected chi connectivity index (χ4v) is 2.82. The van der Waals surface area contributed by atoms with Gasteiger partial charge in [0.05, 0.1) is 6.42 Å². The number of aromatic nitrogens is 1. The van der Waals surface area contributed by atoms with Gasteiger partial charge in [0.25, 0.3) is 0 Å². The molecular weight excluding hydrogens is 288 g/mol. The summed E-state index contributed by atoms with van der Waals surface area (Å²) >= 11 is 0. The van der Waals surface area contributed by atoms with Crippen LogP contribution in [0.25, 0.3) is 0 Å². The minimum absolute atomic E-state index is 0.193. The van der Waals surface area contributed by atoms with Crippen LogP contribution in [0.15, 0.2) is 48.8 Å². The van der Waals surface area contributed by atoms with Gasteiger partial charge in [-0.05, 0) is 35.4 Å². The number of benzene rings is 1. The molecule has 2 N–H and O–H groups in total. The maximum atomic E-state index is 12.4. The summed E-state index contributed by atoms with van der Waals surface area (Å²) in [5, 5.41) is 0. The average Bonchev–Trinajstić information content (AvgIpc) is 2.58. The Kier molecular flexibility index (Phi) is 4.88. The largest absolute Gasteiger partial charge is 0.399 e. The maximum absolute atomic E-state index is 12.4. The maximum Gasteiger partial charge on any atom is 0.227 e. The van der Waals surface area contributed by atoms with Gasteiger partial charge in [-0.2, -0.15) is 0 Å². The number of piperazine rings is 1. The number of nitrogen functional groups attached to an aromatic ring is 1. The van der Waals surface area contributed by atoms with Crippen LogP contribution in [0.3, 0.4) is 0 Å². The van der Waals surface area contributed by atoms with Gasteiger partial charge in [0.1, 0.15) is 0 Å². The van der Waals surface area contributed by atoms with E-state index in [4.69, 9.17) is 5.73 Å². The molecule has 0 unspecified atom stereocenters. The molecule has 0 atom stereocenters. The summed E-state index contributed by atoms with van der Waals surface area (Å²) in [6.45, 7) is 4.33. The monoisotopic (exact) mass is 310 g/mol. The van der Waals surface area contributed by atoms with Crippen molar-refractivity contribution >= 4 is 11.6 Å². The highest BCUT2D eigenvalue weighted by molar-refractivity contribution is 5.79. The summed E-state index contributed by atoms with van der Waals surface area (Å²) in [6, 6.07) is 11.6. The standard InChI is InChI=1S/C18H22N4O/c19-17-3-1-15(2-4-17)13-18(23)22-11-9-21(10-12-22)14-16-5-7-20-8-6-16/h1-8H,9-14,19H2. The molecule has 2 heterocycles. The highest BCUT2D eigenvalue weighted by atomic mass is 16.2. The molecule has 1 saturated heterocycles. The minimum atomic E-state index is 0.193. The van der Waals surface area contributed by atoms with Crippen molar-refractivity contribution in [2.75, 3.05) is 31.9 Å². The van der Waals surface area contributed by atoms with Crippen LogP contribution in [-0.2, 0) is 17.8 Å². The number of hydrogen-bond donors (Lipinski definition) is 1. The van der Waals surface area contributed by atoms with Gasteiger partial charge in [-0.15, -0.1) is 0 Å². The molecule has 5 heteroatoms. The predicted molar refractivity (Wildman–Crippen MR) is 90.7 cm³/mol. The second kappa shape index (κ2) is 7.24. The molecular formula is C18H22N4O. The molecule has 0 radical (unpaired) electrons. The normalized spacial score (nSPS) is 15.6. The van der Waals surface area contributed by atoms with Crippen LogP contribution in [-0.4, -0.2) is 46.9 Å². The molecule has 1 fully saturated rings. The zero-order valence-electron chi connectivity index (χ0n) is 13.2. The fraction of sp³-hybridized carbons (Fsp3) is 0.333. The predicted octanol–water partition coefficient (Wildman–Crippen LogP) is 1.55. The molecule has 5 nitrogen and oxygen atoms in total. The summed E-state index contributed by atoms with van der Waals surface area (Å²) in [7, 11) is 0. The van der Waals surface area contributed by atoms with Crippen LogP contribution in [0.5, 0.6) is 0 Å². The number of anilines is 1. The van der Waals surface area contributed by atoms with E-state index in [2.05, 4.69) is 9.88 Å². The van der Waals surface area contributed by atoms with Gasteiger partial charge >= 0.3 is 0 Å². The van der Waals surface area contributed by atoms with Crippen LogP contribution < -0.4 is 5.73 Å². The summed E-state index contributed by atoms with van der Waals surface area (Å²) < 4.78 is 0. The SMILES string of the molecule is Nc1ccc(CC(=O)N2CCN(Cc3ccncc3)CC2)cc1. The number of hydrogen-bond acceptors (Lipinski definition) is 4. The van der Waals surface area contributed by atoms with Crippen LogP contribution in [0.2, 0.25) is 0 Å². The van der Waals surface area contributed by atoms with Crippen molar-refractivity contribution in [3.63, 3.8) is 0 Å².